The topological polar surface area (TPSA) is 47.0 Å². The van der Waals surface area contributed by atoms with Crippen LogP contribution in [0, 0.1) is 0 Å². The normalized spacial score (nSPS) is 11.2. The van der Waals surface area contributed by atoms with Crippen LogP contribution in [0.3, 0.4) is 0 Å². The highest BCUT2D eigenvalue weighted by atomic mass is 35.5. The third-order valence-electron chi connectivity index (χ3n) is 2.43. The molecule has 16 heavy (non-hydrogen) atoms. The predicted octanol–water partition coefficient (Wildman–Crippen LogP) is 2.52. The van der Waals surface area contributed by atoms with E-state index in [0.29, 0.717) is 23.5 Å². The lowest BCUT2D eigenvalue weighted by molar-refractivity contribution is 0.397. The van der Waals surface area contributed by atoms with Gasteiger partial charge in [-0.15, -0.1) is 23.2 Å². The molecule has 0 aromatic carbocycles. The number of hydrogen-bond donors (Lipinski definition) is 1. The summed E-state index contributed by atoms with van der Waals surface area (Å²) in [6.45, 7) is 2.02. The Morgan fingerprint density at radius 3 is 2.56 bits per heavy atom. The highest BCUT2D eigenvalue weighted by Gasteiger charge is 2.26. The Balaban J connectivity index is 2.84. The van der Waals surface area contributed by atoms with E-state index in [4.69, 9.17) is 27.9 Å². The van der Waals surface area contributed by atoms with Gasteiger partial charge in [-0.05, 0) is 6.42 Å². The largest absolute Gasteiger partial charge is 0.481 e. The molecule has 0 aliphatic carbocycles. The van der Waals surface area contributed by atoms with Gasteiger partial charge in [-0.2, -0.15) is 0 Å². The fraction of sp³-hybridized carbons (Fsp3) is 0.600. The zero-order chi connectivity index (χ0) is 12.0. The van der Waals surface area contributed by atoms with Crippen LogP contribution < -0.4 is 10.1 Å². The molecule has 4 nitrogen and oxygen atoms in total. The smallest absolute Gasteiger partial charge is 0.218 e. The van der Waals surface area contributed by atoms with Crippen molar-refractivity contribution in [1.82, 2.24) is 9.97 Å². The number of hydrogen-bond acceptors (Lipinski definition) is 4. The van der Waals surface area contributed by atoms with Crippen LogP contribution in [-0.2, 0) is 0 Å². The van der Waals surface area contributed by atoms with Crippen molar-refractivity contribution >= 4 is 29.0 Å². The van der Waals surface area contributed by atoms with Crippen molar-refractivity contribution < 1.29 is 4.74 Å². The number of aromatic nitrogens is 2. The Hall–Kier alpha value is -0.740. The summed E-state index contributed by atoms with van der Waals surface area (Å²) >= 11 is 11.9. The second-order valence-electron chi connectivity index (χ2n) is 3.47. The second kappa shape index (κ2) is 6.11. The van der Waals surface area contributed by atoms with Crippen molar-refractivity contribution in [2.45, 2.75) is 18.9 Å². The highest BCUT2D eigenvalue weighted by molar-refractivity contribution is 6.22. The molecule has 0 fully saturated rings. The molecule has 1 N–H and O–H groups in total. The molecule has 0 atom stereocenters. The fourth-order valence-electron chi connectivity index (χ4n) is 1.17. The monoisotopic (exact) mass is 263 g/mol. The van der Waals surface area contributed by atoms with Gasteiger partial charge in [-0.3, -0.25) is 0 Å². The van der Waals surface area contributed by atoms with Crippen LogP contribution in [0.2, 0.25) is 0 Å². The Morgan fingerprint density at radius 2 is 2.06 bits per heavy atom. The molecule has 0 saturated carbocycles. The van der Waals surface area contributed by atoms with Crippen molar-refractivity contribution in [3.63, 3.8) is 0 Å². The summed E-state index contributed by atoms with van der Waals surface area (Å²) in [5, 5.41) is 3.22. The number of ether oxygens (including phenoxy) is 1. The first-order valence-electron chi connectivity index (χ1n) is 4.96. The average molecular weight is 264 g/mol. The molecule has 1 aromatic heterocycles. The highest BCUT2D eigenvalue weighted by Crippen LogP contribution is 2.22. The zero-order valence-electron chi connectivity index (χ0n) is 9.33. The fourth-order valence-corrected chi connectivity index (χ4v) is 1.97. The second-order valence-corrected chi connectivity index (χ2v) is 4.01. The van der Waals surface area contributed by atoms with E-state index in [1.807, 2.05) is 6.92 Å². The van der Waals surface area contributed by atoms with E-state index in [0.717, 1.165) is 6.42 Å². The number of halogens is 2. The van der Waals surface area contributed by atoms with Crippen LogP contribution in [0.1, 0.15) is 13.3 Å². The summed E-state index contributed by atoms with van der Waals surface area (Å²) < 4.78 is 5.01. The van der Waals surface area contributed by atoms with Gasteiger partial charge in [-0.1, -0.05) is 6.92 Å². The van der Waals surface area contributed by atoms with Gasteiger partial charge in [0, 0.05) is 17.8 Å². The van der Waals surface area contributed by atoms with Crippen LogP contribution in [-0.4, -0.2) is 34.4 Å². The number of nitrogens with zero attached hydrogens (tertiary/aromatic N) is 2. The molecule has 0 bridgehead atoms. The third-order valence-corrected chi connectivity index (χ3v) is 3.46. The Labute approximate surface area is 105 Å². The van der Waals surface area contributed by atoms with E-state index in [9.17, 15) is 0 Å². The molecule has 90 valence electrons. The summed E-state index contributed by atoms with van der Waals surface area (Å²) in [7, 11) is 1.56. The van der Waals surface area contributed by atoms with Crippen molar-refractivity contribution in [1.29, 1.82) is 0 Å². The first-order valence-corrected chi connectivity index (χ1v) is 6.02. The van der Waals surface area contributed by atoms with Gasteiger partial charge >= 0.3 is 0 Å². The standard InChI is InChI=1S/C10H15Cl2N3O/c1-3-10(5-11,6-12)15-8-4-9(16-2)14-7-13-8/h4,7H,3,5-6H2,1-2H3,(H,13,14,15). The summed E-state index contributed by atoms with van der Waals surface area (Å²) in [4.78, 5) is 8.02. The van der Waals surface area contributed by atoms with E-state index in [1.54, 1.807) is 13.2 Å². The Kier molecular flexibility index (Phi) is 5.09. The molecule has 0 aliphatic rings. The summed E-state index contributed by atoms with van der Waals surface area (Å²) in [5.41, 5.74) is -0.345. The third kappa shape index (κ3) is 3.12. The van der Waals surface area contributed by atoms with E-state index in [2.05, 4.69) is 15.3 Å². The quantitative estimate of drug-likeness (QED) is 0.802. The predicted molar refractivity (Wildman–Crippen MR) is 66.7 cm³/mol. The van der Waals surface area contributed by atoms with Crippen molar-refractivity contribution in [3.8, 4) is 5.88 Å². The molecule has 6 heteroatoms. The zero-order valence-corrected chi connectivity index (χ0v) is 10.8. The maximum Gasteiger partial charge on any atom is 0.218 e. The molecule has 0 amide bonds. The summed E-state index contributed by atoms with van der Waals surface area (Å²) in [6, 6.07) is 1.71. The molecule has 0 unspecified atom stereocenters. The molecular formula is C10H15Cl2N3O. The van der Waals surface area contributed by atoms with Gasteiger partial charge in [0.05, 0.1) is 12.6 Å². The molecular weight excluding hydrogens is 249 g/mol. The van der Waals surface area contributed by atoms with Gasteiger partial charge in [-0.25, -0.2) is 9.97 Å². The molecule has 0 aliphatic heterocycles. The lowest BCUT2D eigenvalue weighted by atomic mass is 10.0. The van der Waals surface area contributed by atoms with E-state index < -0.39 is 0 Å². The van der Waals surface area contributed by atoms with Gasteiger partial charge in [0.15, 0.2) is 0 Å². The first kappa shape index (κ1) is 13.3. The number of alkyl halides is 2. The molecule has 1 rings (SSSR count). The molecule has 1 aromatic rings. The van der Waals surface area contributed by atoms with E-state index in [1.165, 1.54) is 6.33 Å². The minimum Gasteiger partial charge on any atom is -0.481 e. The van der Waals surface area contributed by atoms with Gasteiger partial charge in [0.25, 0.3) is 0 Å². The van der Waals surface area contributed by atoms with Gasteiger partial charge < -0.3 is 10.1 Å². The van der Waals surface area contributed by atoms with Crippen molar-refractivity contribution in [2.24, 2.45) is 0 Å². The number of methoxy groups -OCH3 is 1. The Bertz CT molecular complexity index is 323. The van der Waals surface area contributed by atoms with Crippen LogP contribution in [0.4, 0.5) is 5.82 Å². The van der Waals surface area contributed by atoms with Crippen molar-refractivity contribution in [2.75, 3.05) is 24.2 Å². The summed E-state index contributed by atoms with van der Waals surface area (Å²) in [6.07, 6.45) is 2.25. The first-order chi connectivity index (χ1) is 7.69. The van der Waals surface area contributed by atoms with Crippen LogP contribution in [0.15, 0.2) is 12.4 Å². The molecule has 0 saturated heterocycles. The van der Waals surface area contributed by atoms with Crippen molar-refractivity contribution in [3.05, 3.63) is 12.4 Å². The number of rotatable bonds is 6. The molecule has 0 radical (unpaired) electrons. The Morgan fingerprint density at radius 1 is 1.38 bits per heavy atom. The maximum atomic E-state index is 5.93. The lowest BCUT2D eigenvalue weighted by Crippen LogP contribution is -2.42. The van der Waals surface area contributed by atoms with E-state index >= 15 is 0 Å². The number of anilines is 1. The molecule has 1 heterocycles. The average Bonchev–Trinajstić information content (AvgIpc) is 2.36. The minimum absolute atomic E-state index is 0.345. The number of nitrogens with one attached hydrogen (secondary N) is 1. The van der Waals surface area contributed by atoms with Gasteiger partial charge in [0.2, 0.25) is 5.88 Å². The SMILES string of the molecule is CCC(CCl)(CCl)Nc1cc(OC)ncn1. The van der Waals surface area contributed by atoms with Crippen LogP contribution in [0.5, 0.6) is 5.88 Å². The summed E-state index contributed by atoms with van der Waals surface area (Å²) in [5.74, 6) is 2.00. The molecule has 0 spiro atoms. The lowest BCUT2D eigenvalue weighted by Gasteiger charge is -2.30. The minimum atomic E-state index is -0.345. The van der Waals surface area contributed by atoms with E-state index in [-0.39, 0.29) is 5.54 Å². The maximum absolute atomic E-state index is 5.93. The van der Waals surface area contributed by atoms with Crippen LogP contribution >= 0.6 is 23.2 Å². The van der Waals surface area contributed by atoms with Gasteiger partial charge in [0.1, 0.15) is 12.1 Å². The van der Waals surface area contributed by atoms with Crippen LogP contribution in [0.25, 0.3) is 0 Å².